The summed E-state index contributed by atoms with van der Waals surface area (Å²) in [5.41, 5.74) is 2.20. The fourth-order valence-electron chi connectivity index (χ4n) is 3.43. The summed E-state index contributed by atoms with van der Waals surface area (Å²) in [7, 11) is 0. The monoisotopic (exact) mass is 443 g/mol. The molecule has 2 heterocycles. The molecule has 10 heteroatoms. The molecular formula is C20H24F3N3O3S. The van der Waals surface area contributed by atoms with Gasteiger partial charge in [-0.2, -0.15) is 13.2 Å². The number of rotatable bonds is 7. The van der Waals surface area contributed by atoms with E-state index in [0.717, 1.165) is 17.0 Å². The van der Waals surface area contributed by atoms with Crippen LogP contribution in [0.4, 0.5) is 13.2 Å². The van der Waals surface area contributed by atoms with Crippen LogP contribution in [-0.4, -0.2) is 41.0 Å². The number of aryl methyl sites for hydroxylation is 2. The molecule has 0 unspecified atom stereocenters. The number of alkyl halides is 3. The Labute approximate surface area is 176 Å². The van der Waals surface area contributed by atoms with Crippen molar-refractivity contribution < 1.29 is 27.2 Å². The maximum atomic E-state index is 12.8. The zero-order valence-electron chi connectivity index (χ0n) is 16.8. The summed E-state index contributed by atoms with van der Waals surface area (Å²) >= 11 is 1.41. The van der Waals surface area contributed by atoms with E-state index in [2.05, 4.69) is 15.5 Å². The number of thioether (sulfide) groups is 1. The van der Waals surface area contributed by atoms with Gasteiger partial charge in [0.05, 0.1) is 17.4 Å². The van der Waals surface area contributed by atoms with Gasteiger partial charge in [-0.05, 0) is 51.7 Å². The number of amides is 1. The number of aromatic nitrogens is 2. The van der Waals surface area contributed by atoms with E-state index in [0.29, 0.717) is 42.0 Å². The number of hydrogen-bond donors (Lipinski definition) is 1. The van der Waals surface area contributed by atoms with Crippen molar-refractivity contribution in [3.63, 3.8) is 0 Å². The third kappa shape index (κ3) is 6.21. The van der Waals surface area contributed by atoms with Gasteiger partial charge in [0.1, 0.15) is 17.4 Å². The Hall–Kier alpha value is -2.07. The number of carbonyl (C=O) groups is 1. The quantitative estimate of drug-likeness (QED) is 0.631. The Morgan fingerprint density at radius 1 is 1.37 bits per heavy atom. The van der Waals surface area contributed by atoms with Crippen molar-refractivity contribution in [2.45, 2.75) is 68.6 Å². The van der Waals surface area contributed by atoms with E-state index in [9.17, 15) is 18.0 Å². The summed E-state index contributed by atoms with van der Waals surface area (Å²) in [5, 5.41) is 7.44. The molecule has 164 valence electrons. The van der Waals surface area contributed by atoms with Crippen molar-refractivity contribution in [1.82, 2.24) is 15.5 Å². The van der Waals surface area contributed by atoms with Crippen molar-refractivity contribution in [3.05, 3.63) is 40.9 Å². The number of nitrogens with zero attached hydrogens (tertiary/aromatic N) is 2. The molecule has 0 bridgehead atoms. The molecule has 1 amide bonds. The Balaban J connectivity index is 1.60. The van der Waals surface area contributed by atoms with Crippen LogP contribution in [-0.2, 0) is 10.5 Å². The lowest BCUT2D eigenvalue weighted by molar-refractivity contribution is -0.188. The molecule has 2 aromatic rings. The lowest BCUT2D eigenvalue weighted by Crippen LogP contribution is -2.41. The van der Waals surface area contributed by atoms with Crippen LogP contribution in [0.2, 0.25) is 0 Å². The van der Waals surface area contributed by atoms with Crippen LogP contribution < -0.4 is 5.32 Å². The van der Waals surface area contributed by atoms with Crippen LogP contribution in [0.1, 0.15) is 53.1 Å². The van der Waals surface area contributed by atoms with Crippen molar-refractivity contribution in [3.8, 4) is 0 Å². The second-order valence-corrected chi connectivity index (χ2v) is 8.30. The van der Waals surface area contributed by atoms with Crippen molar-refractivity contribution in [1.29, 1.82) is 0 Å². The molecule has 0 spiro atoms. The minimum Gasteiger partial charge on any atom is -0.369 e. The molecule has 1 aliphatic carbocycles. The fourth-order valence-corrected chi connectivity index (χ4v) is 4.57. The first-order chi connectivity index (χ1) is 14.2. The van der Waals surface area contributed by atoms with Gasteiger partial charge < -0.3 is 14.6 Å². The average molecular weight is 443 g/mol. The molecule has 0 aromatic carbocycles. The van der Waals surface area contributed by atoms with Gasteiger partial charge in [-0.25, -0.2) is 4.98 Å². The molecule has 1 aliphatic rings. The zero-order valence-corrected chi connectivity index (χ0v) is 17.6. The molecule has 2 aromatic heterocycles. The van der Waals surface area contributed by atoms with E-state index in [1.165, 1.54) is 11.8 Å². The Morgan fingerprint density at radius 3 is 2.87 bits per heavy atom. The second-order valence-electron chi connectivity index (χ2n) is 7.33. The first-order valence-electron chi connectivity index (χ1n) is 9.71. The van der Waals surface area contributed by atoms with Crippen LogP contribution in [0.3, 0.4) is 0 Å². The van der Waals surface area contributed by atoms with Crippen LogP contribution in [0.15, 0.2) is 27.9 Å². The molecule has 0 saturated heterocycles. The first-order valence-corrected chi connectivity index (χ1v) is 10.7. The predicted octanol–water partition coefficient (Wildman–Crippen LogP) is 4.60. The number of carbonyl (C=O) groups excluding carboxylic acids is 1. The average Bonchev–Trinajstić information content (AvgIpc) is 3.02. The predicted molar refractivity (Wildman–Crippen MR) is 105 cm³/mol. The highest BCUT2D eigenvalue weighted by Crippen LogP contribution is 2.28. The molecule has 2 atom stereocenters. The maximum Gasteiger partial charge on any atom is 0.411 e. The Bertz CT molecular complexity index is 853. The normalized spacial score (nSPS) is 19.6. The molecular weight excluding hydrogens is 419 g/mol. The van der Waals surface area contributed by atoms with E-state index in [1.807, 2.05) is 13.8 Å². The van der Waals surface area contributed by atoms with Crippen LogP contribution >= 0.6 is 11.8 Å². The SMILES string of the molecule is Cc1noc(C)c1CSc1ncccc1C(=O)N[C@@H]1CCC[C@H](OCC(F)(F)F)C1. The molecule has 1 fully saturated rings. The lowest BCUT2D eigenvalue weighted by Gasteiger charge is -2.30. The number of hydrogen-bond acceptors (Lipinski definition) is 6. The van der Waals surface area contributed by atoms with E-state index in [-0.39, 0.29) is 11.9 Å². The van der Waals surface area contributed by atoms with Gasteiger partial charge in [-0.15, -0.1) is 11.8 Å². The van der Waals surface area contributed by atoms with Crippen molar-refractivity contribution in [2.24, 2.45) is 0 Å². The standard InChI is InChI=1S/C20H24F3N3O3S/c1-12-17(13(2)29-26-12)10-30-19-16(7-4-8-24-19)18(27)25-14-5-3-6-15(9-14)28-11-20(21,22)23/h4,7-8,14-15H,3,5-6,9-11H2,1-2H3,(H,25,27)/t14-,15+/m1/s1. The van der Waals surface area contributed by atoms with Crippen molar-refractivity contribution >= 4 is 17.7 Å². The van der Waals surface area contributed by atoms with Crippen LogP contribution in [0, 0.1) is 13.8 Å². The molecule has 0 radical (unpaired) electrons. The highest BCUT2D eigenvalue weighted by Gasteiger charge is 2.31. The van der Waals surface area contributed by atoms with Crippen LogP contribution in [0.5, 0.6) is 0 Å². The van der Waals surface area contributed by atoms with Gasteiger partial charge in [-0.1, -0.05) is 5.16 Å². The molecule has 3 rings (SSSR count). The Morgan fingerprint density at radius 2 is 2.17 bits per heavy atom. The third-order valence-electron chi connectivity index (χ3n) is 4.99. The highest BCUT2D eigenvalue weighted by molar-refractivity contribution is 7.98. The van der Waals surface area contributed by atoms with E-state index in [1.54, 1.807) is 18.3 Å². The van der Waals surface area contributed by atoms with Gasteiger partial charge in [-0.3, -0.25) is 4.79 Å². The van der Waals surface area contributed by atoms with Gasteiger partial charge in [0, 0.05) is 23.6 Å². The van der Waals surface area contributed by atoms with Crippen LogP contribution in [0.25, 0.3) is 0 Å². The smallest absolute Gasteiger partial charge is 0.369 e. The fraction of sp³-hybridized carbons (Fsp3) is 0.550. The molecule has 6 nitrogen and oxygen atoms in total. The van der Waals surface area contributed by atoms with E-state index in [4.69, 9.17) is 9.26 Å². The molecule has 30 heavy (non-hydrogen) atoms. The van der Waals surface area contributed by atoms with Crippen molar-refractivity contribution in [2.75, 3.05) is 6.61 Å². The molecule has 0 aliphatic heterocycles. The minimum atomic E-state index is -4.35. The largest absolute Gasteiger partial charge is 0.411 e. The summed E-state index contributed by atoms with van der Waals surface area (Å²) in [6, 6.07) is 3.15. The van der Waals surface area contributed by atoms with Gasteiger partial charge in [0.2, 0.25) is 0 Å². The van der Waals surface area contributed by atoms with Gasteiger partial charge in [0.15, 0.2) is 0 Å². The highest BCUT2D eigenvalue weighted by atomic mass is 32.2. The second kappa shape index (κ2) is 9.82. The number of ether oxygens (including phenoxy) is 1. The first kappa shape index (κ1) is 22.6. The van der Waals surface area contributed by atoms with E-state index >= 15 is 0 Å². The zero-order chi connectivity index (χ0) is 21.7. The topological polar surface area (TPSA) is 77.2 Å². The minimum absolute atomic E-state index is 0.231. The number of nitrogens with one attached hydrogen (secondary N) is 1. The van der Waals surface area contributed by atoms with E-state index < -0.39 is 18.9 Å². The number of halogens is 3. The number of pyridine rings is 1. The van der Waals surface area contributed by atoms with Gasteiger partial charge >= 0.3 is 6.18 Å². The summed E-state index contributed by atoms with van der Waals surface area (Å²) in [6.07, 6.45) is -0.897. The summed E-state index contributed by atoms with van der Waals surface area (Å²) < 4.78 is 47.3. The molecule has 1 saturated carbocycles. The summed E-state index contributed by atoms with van der Waals surface area (Å²) in [4.78, 5) is 17.2. The Kier molecular flexibility index (Phi) is 7.41. The lowest BCUT2D eigenvalue weighted by atomic mass is 9.92. The third-order valence-corrected chi connectivity index (χ3v) is 6.03. The summed E-state index contributed by atoms with van der Waals surface area (Å²) in [6.45, 7) is 2.44. The summed E-state index contributed by atoms with van der Waals surface area (Å²) in [5.74, 6) is 1.01. The maximum absolute atomic E-state index is 12.8. The molecule has 1 N–H and O–H groups in total. The van der Waals surface area contributed by atoms with Gasteiger partial charge in [0.25, 0.3) is 5.91 Å².